The van der Waals surface area contributed by atoms with E-state index in [9.17, 15) is 0 Å². The van der Waals surface area contributed by atoms with Crippen molar-refractivity contribution in [1.82, 2.24) is 29.6 Å². The number of tetrazole rings is 1. The van der Waals surface area contributed by atoms with Crippen molar-refractivity contribution in [3.05, 3.63) is 70.6 Å². The number of fused-ring (bicyclic) bond motifs is 3. The topological polar surface area (TPSA) is 60.9 Å². The Kier molecular flexibility index (Phi) is 3.51. The lowest BCUT2D eigenvalue weighted by atomic mass is 10.1. The predicted molar refractivity (Wildman–Crippen MR) is 104 cm³/mol. The van der Waals surface area contributed by atoms with Crippen molar-refractivity contribution in [2.24, 2.45) is 0 Å². The van der Waals surface area contributed by atoms with Gasteiger partial charge in [0.1, 0.15) is 6.33 Å². The van der Waals surface area contributed by atoms with Gasteiger partial charge in [-0.1, -0.05) is 39.7 Å². The number of rotatable bonds is 2. The van der Waals surface area contributed by atoms with Gasteiger partial charge in [-0.15, -0.1) is 5.10 Å². The van der Waals surface area contributed by atoms with Crippen LogP contribution in [0.15, 0.2) is 65.5 Å². The molecule has 0 aliphatic rings. The van der Waals surface area contributed by atoms with Gasteiger partial charge in [-0.25, -0.2) is 4.98 Å². The first-order valence-corrected chi connectivity index (χ1v) is 8.97. The Balaban J connectivity index is 1.87. The Hall–Kier alpha value is -2.77. The van der Waals surface area contributed by atoms with Gasteiger partial charge in [-0.2, -0.15) is 4.52 Å². The highest BCUT2D eigenvalue weighted by molar-refractivity contribution is 9.10. The summed E-state index contributed by atoms with van der Waals surface area (Å²) in [6, 6.07) is 15.8. The van der Waals surface area contributed by atoms with Gasteiger partial charge in [0.25, 0.3) is 0 Å². The lowest BCUT2D eigenvalue weighted by molar-refractivity contribution is 0.811. The maximum Gasteiger partial charge on any atom is 0.192 e. The maximum absolute atomic E-state index is 6.05. The van der Waals surface area contributed by atoms with E-state index in [-0.39, 0.29) is 0 Å². The first-order valence-electron chi connectivity index (χ1n) is 7.80. The SMILES string of the molecule is Clc1ccc(-c2cn(-c3ccc(Br)cc3)c3ncn4nnnc4c23)cc1. The van der Waals surface area contributed by atoms with Gasteiger partial charge in [0, 0.05) is 26.9 Å². The van der Waals surface area contributed by atoms with Crippen molar-refractivity contribution >= 4 is 44.2 Å². The highest BCUT2D eigenvalue weighted by atomic mass is 79.9. The minimum Gasteiger partial charge on any atom is -0.301 e. The lowest BCUT2D eigenvalue weighted by Gasteiger charge is -2.04. The molecule has 6 nitrogen and oxygen atoms in total. The van der Waals surface area contributed by atoms with Crippen LogP contribution in [-0.4, -0.2) is 29.6 Å². The molecular weight excluding hydrogens is 416 g/mol. The van der Waals surface area contributed by atoms with Crippen LogP contribution in [0.1, 0.15) is 0 Å². The van der Waals surface area contributed by atoms with Crippen molar-refractivity contribution in [3.8, 4) is 16.8 Å². The molecule has 3 aromatic heterocycles. The van der Waals surface area contributed by atoms with E-state index in [1.807, 2.05) is 53.1 Å². The summed E-state index contributed by atoms with van der Waals surface area (Å²) < 4.78 is 4.64. The summed E-state index contributed by atoms with van der Waals surface area (Å²) in [5.41, 5.74) is 4.47. The van der Waals surface area contributed by atoms with Crippen LogP contribution in [0, 0.1) is 0 Å². The van der Waals surface area contributed by atoms with Crippen molar-refractivity contribution in [2.45, 2.75) is 0 Å². The zero-order valence-corrected chi connectivity index (χ0v) is 15.6. The molecular formula is C18H10BrClN6. The monoisotopic (exact) mass is 424 g/mol. The van der Waals surface area contributed by atoms with Crippen LogP contribution in [0.4, 0.5) is 0 Å². The predicted octanol–water partition coefficient (Wildman–Crippen LogP) is 4.55. The molecule has 0 atom stereocenters. The molecule has 5 rings (SSSR count). The van der Waals surface area contributed by atoms with E-state index in [2.05, 4.69) is 42.6 Å². The van der Waals surface area contributed by atoms with Crippen LogP contribution in [0.3, 0.4) is 0 Å². The van der Waals surface area contributed by atoms with E-state index in [0.717, 1.165) is 32.3 Å². The first kappa shape index (κ1) is 15.5. The van der Waals surface area contributed by atoms with Crippen molar-refractivity contribution in [2.75, 3.05) is 0 Å². The molecule has 0 fully saturated rings. The molecule has 26 heavy (non-hydrogen) atoms. The maximum atomic E-state index is 6.05. The van der Waals surface area contributed by atoms with Gasteiger partial charge in [-0.3, -0.25) is 0 Å². The van der Waals surface area contributed by atoms with Crippen LogP contribution < -0.4 is 0 Å². The number of halogens is 2. The van der Waals surface area contributed by atoms with E-state index in [0.29, 0.717) is 10.7 Å². The normalized spacial score (nSPS) is 11.5. The molecule has 0 aliphatic carbocycles. The Morgan fingerprint density at radius 1 is 0.923 bits per heavy atom. The molecule has 2 aromatic carbocycles. The summed E-state index contributed by atoms with van der Waals surface area (Å²) >= 11 is 9.53. The molecule has 0 bridgehead atoms. The van der Waals surface area contributed by atoms with Gasteiger partial charge >= 0.3 is 0 Å². The highest BCUT2D eigenvalue weighted by Crippen LogP contribution is 2.34. The van der Waals surface area contributed by atoms with E-state index in [4.69, 9.17) is 11.6 Å². The summed E-state index contributed by atoms with van der Waals surface area (Å²) in [6.07, 6.45) is 3.68. The Morgan fingerprint density at radius 3 is 2.46 bits per heavy atom. The number of nitrogens with zero attached hydrogens (tertiary/aromatic N) is 6. The van der Waals surface area contributed by atoms with Crippen LogP contribution in [0.2, 0.25) is 5.02 Å². The fraction of sp³-hybridized carbons (Fsp3) is 0. The summed E-state index contributed by atoms with van der Waals surface area (Å²) in [6.45, 7) is 0. The molecule has 8 heteroatoms. The molecule has 0 radical (unpaired) electrons. The lowest BCUT2D eigenvalue weighted by Crippen LogP contribution is -1.96. The van der Waals surface area contributed by atoms with Crippen LogP contribution in [0.5, 0.6) is 0 Å². The van der Waals surface area contributed by atoms with Gasteiger partial charge in [0.2, 0.25) is 0 Å². The average Bonchev–Trinajstić information content (AvgIpc) is 3.27. The Bertz CT molecular complexity index is 1240. The van der Waals surface area contributed by atoms with Crippen molar-refractivity contribution in [3.63, 3.8) is 0 Å². The van der Waals surface area contributed by atoms with Gasteiger partial charge in [-0.05, 0) is 52.4 Å². The molecule has 0 aliphatic heterocycles. The highest BCUT2D eigenvalue weighted by Gasteiger charge is 2.17. The smallest absolute Gasteiger partial charge is 0.192 e. The second-order valence-corrected chi connectivity index (χ2v) is 7.14. The quantitative estimate of drug-likeness (QED) is 0.416. The molecule has 0 spiro atoms. The summed E-state index contributed by atoms with van der Waals surface area (Å²) in [5.74, 6) is 0. The van der Waals surface area contributed by atoms with Gasteiger partial charge in [0.05, 0.1) is 5.39 Å². The van der Waals surface area contributed by atoms with Gasteiger partial charge < -0.3 is 4.57 Å². The third-order valence-electron chi connectivity index (χ3n) is 4.25. The van der Waals surface area contributed by atoms with Crippen molar-refractivity contribution in [1.29, 1.82) is 0 Å². The summed E-state index contributed by atoms with van der Waals surface area (Å²) in [7, 11) is 0. The van der Waals surface area contributed by atoms with E-state index in [1.54, 1.807) is 10.8 Å². The average molecular weight is 426 g/mol. The second kappa shape index (κ2) is 5.89. The molecule has 3 heterocycles. The minimum absolute atomic E-state index is 0.663. The molecule has 0 unspecified atom stereocenters. The minimum atomic E-state index is 0.663. The molecule has 126 valence electrons. The molecule has 0 saturated carbocycles. The number of hydrogen-bond acceptors (Lipinski definition) is 4. The first-order chi connectivity index (χ1) is 12.7. The Morgan fingerprint density at radius 2 is 1.69 bits per heavy atom. The number of hydrogen-bond donors (Lipinski definition) is 0. The fourth-order valence-corrected chi connectivity index (χ4v) is 3.43. The molecule has 5 aromatic rings. The fourth-order valence-electron chi connectivity index (χ4n) is 3.04. The second-order valence-electron chi connectivity index (χ2n) is 5.79. The third kappa shape index (κ3) is 2.40. The van der Waals surface area contributed by atoms with E-state index >= 15 is 0 Å². The number of aromatic nitrogens is 6. The molecule has 0 saturated heterocycles. The van der Waals surface area contributed by atoms with E-state index in [1.165, 1.54) is 0 Å². The van der Waals surface area contributed by atoms with Crippen LogP contribution >= 0.6 is 27.5 Å². The van der Waals surface area contributed by atoms with Crippen molar-refractivity contribution < 1.29 is 0 Å². The largest absolute Gasteiger partial charge is 0.301 e. The molecule has 0 N–H and O–H groups in total. The standard InChI is InChI=1S/C18H10BrClN6/c19-12-3-7-14(8-4-12)25-9-15(11-1-5-13(20)6-2-11)16-17(25)21-10-26-18(16)22-23-24-26/h1-10H. The zero-order valence-electron chi connectivity index (χ0n) is 13.2. The Labute approximate surface area is 161 Å². The van der Waals surface area contributed by atoms with E-state index < -0.39 is 0 Å². The van der Waals surface area contributed by atoms with Crippen LogP contribution in [0.25, 0.3) is 33.5 Å². The molecule has 0 amide bonds. The third-order valence-corrected chi connectivity index (χ3v) is 5.03. The van der Waals surface area contributed by atoms with Crippen LogP contribution in [-0.2, 0) is 0 Å². The number of benzene rings is 2. The summed E-state index contributed by atoms with van der Waals surface area (Å²) in [5, 5.41) is 13.5. The van der Waals surface area contributed by atoms with Gasteiger partial charge in [0.15, 0.2) is 11.3 Å². The summed E-state index contributed by atoms with van der Waals surface area (Å²) in [4.78, 5) is 4.59. The zero-order chi connectivity index (χ0) is 17.7.